The van der Waals surface area contributed by atoms with E-state index in [4.69, 9.17) is 42.2 Å². The van der Waals surface area contributed by atoms with Crippen molar-refractivity contribution < 1.29 is 26.1 Å². The highest BCUT2D eigenvalue weighted by atomic mass is 35.5. The fourth-order valence-corrected chi connectivity index (χ4v) is 3.93. The molecule has 0 fully saturated rings. The molecule has 2 aromatic heterocycles. The first-order valence-electron chi connectivity index (χ1n) is 10.6. The van der Waals surface area contributed by atoms with Crippen molar-refractivity contribution in [2.24, 2.45) is 0 Å². The van der Waals surface area contributed by atoms with Gasteiger partial charge in [0.25, 0.3) is 10.2 Å². The quantitative estimate of drug-likeness (QED) is 0.239. The van der Waals surface area contributed by atoms with Gasteiger partial charge in [-0.1, -0.05) is 60.1 Å². The van der Waals surface area contributed by atoms with Gasteiger partial charge < -0.3 is 20.5 Å². The van der Waals surface area contributed by atoms with E-state index in [9.17, 15) is 0 Å². The Labute approximate surface area is 220 Å². The minimum Gasteiger partial charge on any atom is -0.412 e. The van der Waals surface area contributed by atoms with E-state index in [1.807, 2.05) is 36.9 Å². The third kappa shape index (κ3) is 7.98. The van der Waals surface area contributed by atoms with Crippen molar-refractivity contribution in [3.05, 3.63) is 140 Å². The molecule has 0 saturated carbocycles. The minimum absolute atomic E-state index is 0. The van der Waals surface area contributed by atoms with Gasteiger partial charge in [-0.2, -0.15) is 0 Å². The number of hydrogen-bond acceptors (Lipinski definition) is 6. The molecular formula is C25H22ClN5O7. The van der Waals surface area contributed by atoms with Crippen molar-refractivity contribution in [1.29, 1.82) is 0 Å². The van der Waals surface area contributed by atoms with Crippen LogP contribution in [-0.2, 0) is 0 Å². The van der Waals surface area contributed by atoms with Crippen LogP contribution in [-0.4, -0.2) is 40.6 Å². The molecule has 5 aromatic rings. The third-order valence-electron chi connectivity index (χ3n) is 5.17. The second kappa shape index (κ2) is 13.9. The molecule has 0 aliphatic carbocycles. The fraction of sp³-hybridized carbons (Fsp3) is 0.0400. The van der Waals surface area contributed by atoms with Crippen molar-refractivity contribution in [3.63, 3.8) is 0 Å². The Morgan fingerprint density at radius 2 is 1.45 bits per heavy atom. The van der Waals surface area contributed by atoms with Crippen LogP contribution >= 0.6 is 11.6 Å². The summed E-state index contributed by atoms with van der Waals surface area (Å²) in [5.74, 6) is 0. The molecule has 13 heteroatoms. The van der Waals surface area contributed by atoms with Crippen LogP contribution in [0.5, 0.6) is 0 Å². The topological polar surface area (TPSA) is 189 Å². The van der Waals surface area contributed by atoms with Crippen LogP contribution in [0.25, 0.3) is 22.0 Å². The van der Waals surface area contributed by atoms with Crippen molar-refractivity contribution in [1.82, 2.24) is 14.5 Å². The van der Waals surface area contributed by atoms with E-state index in [0.717, 1.165) is 21.5 Å². The molecule has 196 valence electrons. The summed E-state index contributed by atoms with van der Waals surface area (Å²) in [7, 11) is 0. The lowest BCUT2D eigenvalue weighted by Gasteiger charge is -2.21. The van der Waals surface area contributed by atoms with Crippen LogP contribution in [0, 0.1) is 20.2 Å². The molecule has 0 saturated heterocycles. The Kier molecular flexibility index (Phi) is 10.6. The average molecular weight is 540 g/mol. The van der Waals surface area contributed by atoms with Crippen LogP contribution in [0.2, 0.25) is 5.02 Å². The molecule has 0 bridgehead atoms. The normalized spacial score (nSPS) is 10.6. The average Bonchev–Trinajstić information content (AvgIpc) is 3.39. The molecule has 0 aliphatic rings. The monoisotopic (exact) mass is 539 g/mol. The van der Waals surface area contributed by atoms with Crippen molar-refractivity contribution >= 4 is 22.5 Å². The lowest BCUT2D eigenvalue weighted by atomic mass is 9.94. The second-order valence-corrected chi connectivity index (χ2v) is 7.88. The van der Waals surface area contributed by atoms with E-state index in [1.54, 1.807) is 6.20 Å². The zero-order valence-corrected chi connectivity index (χ0v) is 20.3. The highest BCUT2D eigenvalue weighted by Gasteiger charge is 2.17. The summed E-state index contributed by atoms with van der Waals surface area (Å²) in [5, 5.41) is 29.1. The molecule has 1 atom stereocenters. The first-order valence-corrected chi connectivity index (χ1v) is 11.0. The summed E-state index contributed by atoms with van der Waals surface area (Å²) in [6, 6.07) is 27.0. The summed E-state index contributed by atoms with van der Waals surface area (Å²) >= 11 is 6.13. The highest BCUT2D eigenvalue weighted by Crippen LogP contribution is 2.33. The number of fused-ring (bicyclic) bond motifs is 1. The van der Waals surface area contributed by atoms with Crippen molar-refractivity contribution in [3.8, 4) is 11.1 Å². The fourth-order valence-electron chi connectivity index (χ4n) is 3.81. The van der Waals surface area contributed by atoms with Gasteiger partial charge in [0, 0.05) is 29.0 Å². The number of rotatable bonds is 4. The van der Waals surface area contributed by atoms with Gasteiger partial charge in [0.15, 0.2) is 0 Å². The molecule has 0 amide bonds. The number of hydrogen-bond donors (Lipinski definition) is 2. The molecule has 1 unspecified atom stereocenters. The molecule has 0 aliphatic heterocycles. The van der Waals surface area contributed by atoms with E-state index in [-0.39, 0.29) is 11.5 Å². The van der Waals surface area contributed by atoms with Gasteiger partial charge in [-0.25, -0.2) is 4.98 Å². The van der Waals surface area contributed by atoms with Crippen LogP contribution in [0.3, 0.4) is 0 Å². The van der Waals surface area contributed by atoms with Gasteiger partial charge >= 0.3 is 0 Å². The smallest absolute Gasteiger partial charge is 0.291 e. The predicted octanol–water partition coefficient (Wildman–Crippen LogP) is 4.87. The Morgan fingerprint density at radius 3 is 2.03 bits per heavy atom. The van der Waals surface area contributed by atoms with Gasteiger partial charge in [-0.05, 0) is 52.6 Å². The molecule has 5 rings (SSSR count). The maximum absolute atomic E-state index is 8.36. The Balaban J connectivity index is 0.000000500. The number of imidazole rings is 1. The predicted molar refractivity (Wildman–Crippen MR) is 139 cm³/mol. The van der Waals surface area contributed by atoms with E-state index in [1.165, 1.54) is 16.7 Å². The van der Waals surface area contributed by atoms with Crippen molar-refractivity contribution in [2.75, 3.05) is 0 Å². The Hall–Kier alpha value is -5.07. The number of nitrogens with zero attached hydrogens (tertiary/aromatic N) is 5. The molecule has 0 radical (unpaired) electrons. The van der Waals surface area contributed by atoms with Gasteiger partial charge in [0.2, 0.25) is 0 Å². The maximum atomic E-state index is 8.36. The lowest BCUT2D eigenvalue weighted by molar-refractivity contribution is -0.742. The van der Waals surface area contributed by atoms with Gasteiger partial charge in [-0.15, -0.1) is 20.2 Å². The number of pyridine rings is 1. The number of aromatic nitrogens is 3. The molecule has 0 spiro atoms. The highest BCUT2D eigenvalue weighted by molar-refractivity contribution is 6.30. The zero-order valence-electron chi connectivity index (χ0n) is 19.5. The first-order chi connectivity index (χ1) is 17.8. The van der Waals surface area contributed by atoms with Crippen LogP contribution in [0.15, 0.2) is 104 Å². The minimum atomic E-state index is -1.50. The molecule has 38 heavy (non-hydrogen) atoms. The SMILES string of the molecule is Clc1ccc(C(c2ccc3nccc(-c4ccccc4)c3c2)n2ccnc2)cc1.O.O=[N+]([O-])O.O=[N+]([O-])O. The standard InChI is InChI=1S/C25H18ClN3.2HNO3.H2O/c26-21-9-6-19(7-10-21)25(29-15-14-27-17-29)20-8-11-24-23(16-20)22(12-13-28-24)18-4-2-1-3-5-18;2*2-1(3)4;/h1-17,25H;2*(H,2,3,4);1H2. The largest absolute Gasteiger partial charge is 0.412 e. The van der Waals surface area contributed by atoms with E-state index >= 15 is 0 Å². The maximum Gasteiger partial charge on any atom is 0.291 e. The molecular weight excluding hydrogens is 518 g/mol. The Morgan fingerprint density at radius 1 is 0.842 bits per heavy atom. The second-order valence-electron chi connectivity index (χ2n) is 7.44. The zero-order chi connectivity index (χ0) is 26.8. The summed E-state index contributed by atoms with van der Waals surface area (Å²) in [5.41, 5.74) is 5.66. The van der Waals surface area contributed by atoms with Gasteiger partial charge in [0.05, 0.1) is 17.9 Å². The summed E-state index contributed by atoms with van der Waals surface area (Å²) in [4.78, 5) is 25.6. The lowest BCUT2D eigenvalue weighted by Crippen LogP contribution is -2.10. The summed E-state index contributed by atoms with van der Waals surface area (Å²) in [6.45, 7) is 0. The summed E-state index contributed by atoms with van der Waals surface area (Å²) < 4.78 is 2.11. The number of benzene rings is 3. The first kappa shape index (κ1) is 29.2. The Bertz CT molecular complexity index is 1450. The molecule has 4 N–H and O–H groups in total. The number of halogens is 1. The molecule has 3 aromatic carbocycles. The van der Waals surface area contributed by atoms with Crippen LogP contribution in [0.4, 0.5) is 0 Å². The van der Waals surface area contributed by atoms with Crippen LogP contribution in [0.1, 0.15) is 17.2 Å². The van der Waals surface area contributed by atoms with E-state index < -0.39 is 10.2 Å². The van der Waals surface area contributed by atoms with Crippen molar-refractivity contribution in [2.45, 2.75) is 6.04 Å². The third-order valence-corrected chi connectivity index (χ3v) is 5.43. The van der Waals surface area contributed by atoms with Gasteiger partial charge in [0.1, 0.15) is 0 Å². The van der Waals surface area contributed by atoms with E-state index in [2.05, 4.69) is 75.2 Å². The molecule has 12 nitrogen and oxygen atoms in total. The van der Waals surface area contributed by atoms with Gasteiger partial charge in [-0.3, -0.25) is 4.98 Å². The van der Waals surface area contributed by atoms with E-state index in [0.29, 0.717) is 0 Å². The molecule has 2 heterocycles. The van der Waals surface area contributed by atoms with Crippen LogP contribution < -0.4 is 0 Å². The summed E-state index contributed by atoms with van der Waals surface area (Å²) in [6.07, 6.45) is 7.52.